The van der Waals surface area contributed by atoms with E-state index in [-0.39, 0.29) is 6.10 Å². The van der Waals surface area contributed by atoms with Crippen LogP contribution < -0.4 is 12.8 Å². The first-order valence-electron chi connectivity index (χ1n) is 9.55. The van der Waals surface area contributed by atoms with Crippen LogP contribution >= 0.6 is 20.6 Å². The maximum atomic E-state index is 6.13. The van der Waals surface area contributed by atoms with Crippen LogP contribution in [0.4, 0.5) is 0 Å². The van der Waals surface area contributed by atoms with Gasteiger partial charge in [0, 0.05) is 0 Å². The van der Waals surface area contributed by atoms with Crippen molar-refractivity contribution in [2.75, 3.05) is 19.7 Å². The molecule has 0 saturated carbocycles. The first-order chi connectivity index (χ1) is 12.0. The van der Waals surface area contributed by atoms with E-state index in [4.69, 9.17) is 13.7 Å². The molecule has 2 fully saturated rings. The Morgan fingerprint density at radius 1 is 1.44 bits per heavy atom. The van der Waals surface area contributed by atoms with E-state index in [0.29, 0.717) is 36.5 Å². The van der Waals surface area contributed by atoms with Crippen LogP contribution in [-0.4, -0.2) is 54.7 Å². The number of ether oxygens (including phenoxy) is 1. The Kier molecular flexibility index (Phi) is 6.76. The average Bonchev–Trinajstić information content (AvgIpc) is 3.00. The van der Waals surface area contributed by atoms with Crippen LogP contribution in [0.5, 0.6) is 0 Å². The van der Waals surface area contributed by atoms with Crippen LogP contribution in [0.3, 0.4) is 0 Å². The Labute approximate surface area is 160 Å². The van der Waals surface area contributed by atoms with Gasteiger partial charge in [-0.1, -0.05) is 0 Å². The molecule has 6 atom stereocenters. The minimum absolute atomic E-state index is 0.188. The van der Waals surface area contributed by atoms with Crippen molar-refractivity contribution in [3.63, 3.8) is 0 Å². The number of likely N-dealkylation sites (tertiary alicyclic amines) is 1. The summed E-state index contributed by atoms with van der Waals surface area (Å²) in [7, 11) is 0. The molecule has 0 bridgehead atoms. The number of hydrogen-bond donors (Lipinski definition) is 3. The molecule has 1 aliphatic carbocycles. The SMILES string of the molecule is CC[C@H]1CN(C[C@@H](C)OCC(N)=NI2NC3[C@@H](C)CC=C[C@H]3N2)C1C. The second-order valence-corrected chi connectivity index (χ2v) is 11.0. The van der Waals surface area contributed by atoms with Crippen molar-refractivity contribution >= 4 is 26.5 Å². The molecular formula is C18H34IN5O. The van der Waals surface area contributed by atoms with Gasteiger partial charge in [-0.15, -0.1) is 0 Å². The van der Waals surface area contributed by atoms with Gasteiger partial charge in [0.15, 0.2) is 0 Å². The van der Waals surface area contributed by atoms with Crippen molar-refractivity contribution in [2.24, 2.45) is 20.8 Å². The van der Waals surface area contributed by atoms with Gasteiger partial charge in [0.1, 0.15) is 0 Å². The number of nitrogens with one attached hydrogen (secondary N) is 2. The third kappa shape index (κ3) is 4.74. The molecule has 0 aromatic heterocycles. The second kappa shape index (κ2) is 8.65. The average molecular weight is 463 g/mol. The predicted octanol–water partition coefficient (Wildman–Crippen LogP) is 2.26. The molecule has 0 aromatic rings. The zero-order valence-corrected chi connectivity index (χ0v) is 18.1. The summed E-state index contributed by atoms with van der Waals surface area (Å²) in [6.45, 7) is 11.6. The van der Waals surface area contributed by atoms with E-state index in [1.165, 1.54) is 13.0 Å². The van der Waals surface area contributed by atoms with Gasteiger partial charge in [0.05, 0.1) is 0 Å². The molecule has 2 unspecified atom stereocenters. The van der Waals surface area contributed by atoms with Crippen molar-refractivity contribution in [3.05, 3.63) is 12.2 Å². The first-order valence-corrected chi connectivity index (χ1v) is 12.7. The van der Waals surface area contributed by atoms with Crippen LogP contribution in [0.25, 0.3) is 0 Å². The van der Waals surface area contributed by atoms with Gasteiger partial charge in [-0.05, 0) is 0 Å². The molecule has 6 nitrogen and oxygen atoms in total. The van der Waals surface area contributed by atoms with Gasteiger partial charge in [0.25, 0.3) is 0 Å². The predicted molar refractivity (Wildman–Crippen MR) is 113 cm³/mol. The molecule has 2 heterocycles. The van der Waals surface area contributed by atoms with Crippen LogP contribution in [0, 0.1) is 11.8 Å². The topological polar surface area (TPSA) is 74.9 Å². The quantitative estimate of drug-likeness (QED) is 0.178. The fourth-order valence-corrected chi connectivity index (χ4v) is 8.07. The Morgan fingerprint density at radius 3 is 2.92 bits per heavy atom. The van der Waals surface area contributed by atoms with E-state index in [9.17, 15) is 0 Å². The van der Waals surface area contributed by atoms with Crippen LogP contribution in [-0.2, 0) is 4.74 Å². The Bertz CT molecular complexity index is 514. The Balaban J connectivity index is 1.40. The van der Waals surface area contributed by atoms with Crippen LogP contribution in [0.15, 0.2) is 15.4 Å². The van der Waals surface area contributed by atoms with E-state index in [0.717, 1.165) is 18.9 Å². The number of amidine groups is 1. The van der Waals surface area contributed by atoms with Gasteiger partial charge in [-0.3, -0.25) is 0 Å². The van der Waals surface area contributed by atoms with Gasteiger partial charge in [-0.2, -0.15) is 0 Å². The molecule has 0 spiro atoms. The summed E-state index contributed by atoms with van der Waals surface area (Å²) < 4.78 is 18.0. The number of halogens is 1. The molecule has 4 N–H and O–H groups in total. The number of nitrogens with two attached hydrogens (primary N) is 1. The maximum absolute atomic E-state index is 6.13. The summed E-state index contributed by atoms with van der Waals surface area (Å²) in [4.78, 5) is 2.50. The summed E-state index contributed by atoms with van der Waals surface area (Å²) in [5.41, 5.74) is 6.13. The fraction of sp³-hybridized carbons (Fsp3) is 0.833. The molecule has 2 aliphatic heterocycles. The Hall–Kier alpha value is -0.220. The molecular weight excluding hydrogens is 429 g/mol. The zero-order valence-electron chi connectivity index (χ0n) is 15.9. The summed E-state index contributed by atoms with van der Waals surface area (Å²) in [6.07, 6.45) is 7.16. The monoisotopic (exact) mass is 463 g/mol. The standard InChI is InChI=1S/C18H34IN5O/c1-5-15-10-24(14(15)4)9-13(3)25-11-17(20)22-19-21-16-8-6-7-12(2)18(16)23-19/h6,8,12-16,18,21,23H,5,7,9-11H2,1-4H3,(H2,20,22)/t12-,13+,14?,15-,16+,18?/m0/s1. The Morgan fingerprint density at radius 2 is 2.24 bits per heavy atom. The van der Waals surface area contributed by atoms with Crippen molar-refractivity contribution in [1.29, 1.82) is 0 Å². The second-order valence-electron chi connectivity index (χ2n) is 7.73. The molecule has 25 heavy (non-hydrogen) atoms. The molecule has 3 aliphatic rings. The van der Waals surface area contributed by atoms with E-state index in [1.54, 1.807) is 0 Å². The van der Waals surface area contributed by atoms with Gasteiger partial charge in [-0.25, -0.2) is 0 Å². The van der Waals surface area contributed by atoms with Crippen molar-refractivity contribution in [2.45, 2.75) is 64.8 Å². The summed E-state index contributed by atoms with van der Waals surface area (Å²) in [5.74, 6) is 2.13. The molecule has 0 radical (unpaired) electrons. The molecule has 144 valence electrons. The first kappa shape index (κ1) is 19.5. The fourth-order valence-electron chi connectivity index (χ4n) is 3.89. The number of fused-ring (bicyclic) bond motifs is 1. The number of nitrogens with zero attached hydrogens (tertiary/aromatic N) is 2. The van der Waals surface area contributed by atoms with Crippen LogP contribution in [0.1, 0.15) is 40.5 Å². The minimum atomic E-state index is -1.76. The molecule has 7 heteroatoms. The van der Waals surface area contributed by atoms with E-state index >= 15 is 0 Å². The normalized spacial score (nSPS) is 38.5. The number of rotatable bonds is 7. The van der Waals surface area contributed by atoms with Crippen molar-refractivity contribution < 1.29 is 4.74 Å². The summed E-state index contributed by atoms with van der Waals surface area (Å²) in [5, 5.41) is 0. The zero-order chi connectivity index (χ0) is 18.0. The van der Waals surface area contributed by atoms with Gasteiger partial charge < -0.3 is 0 Å². The molecule has 3 rings (SSSR count). The molecule has 2 saturated heterocycles. The van der Waals surface area contributed by atoms with Crippen LogP contribution in [0.2, 0.25) is 0 Å². The molecule has 0 aromatic carbocycles. The van der Waals surface area contributed by atoms with Crippen molar-refractivity contribution in [1.82, 2.24) is 12.0 Å². The van der Waals surface area contributed by atoms with Gasteiger partial charge in [0.2, 0.25) is 0 Å². The van der Waals surface area contributed by atoms with E-state index < -0.39 is 20.6 Å². The summed E-state index contributed by atoms with van der Waals surface area (Å²) in [6, 6.07) is 1.61. The number of hydrogen-bond acceptors (Lipinski definition) is 5. The van der Waals surface area contributed by atoms with E-state index in [2.05, 4.69) is 51.8 Å². The van der Waals surface area contributed by atoms with Gasteiger partial charge >= 0.3 is 161 Å². The third-order valence-corrected chi connectivity index (χ3v) is 9.48. The van der Waals surface area contributed by atoms with Crippen molar-refractivity contribution in [3.8, 4) is 0 Å². The third-order valence-electron chi connectivity index (χ3n) is 5.76. The van der Waals surface area contributed by atoms with E-state index in [1.807, 2.05) is 0 Å². The summed E-state index contributed by atoms with van der Waals surface area (Å²) >= 11 is -1.76. The number of allylic oxidation sites excluding steroid dienone is 1. The molecule has 0 amide bonds.